The van der Waals surface area contributed by atoms with Crippen LogP contribution in [0.15, 0.2) is 30.0 Å². The number of halogens is 2. The molecule has 1 aliphatic rings. The van der Waals surface area contributed by atoms with Gasteiger partial charge in [-0.05, 0) is 49.4 Å². The minimum absolute atomic E-state index is 0.114. The Morgan fingerprint density at radius 2 is 2.30 bits per heavy atom. The summed E-state index contributed by atoms with van der Waals surface area (Å²) in [5, 5.41) is 3.66. The van der Waals surface area contributed by atoms with E-state index in [2.05, 4.69) is 12.2 Å². The first-order valence-corrected chi connectivity index (χ1v) is 7.57. The molecule has 1 unspecified atom stereocenters. The third-order valence-corrected chi connectivity index (χ3v) is 3.80. The molecular weight excluding hydrogens is 277 g/mol. The van der Waals surface area contributed by atoms with E-state index in [0.717, 1.165) is 32.4 Å². The van der Waals surface area contributed by atoms with Crippen LogP contribution in [0.2, 0.25) is 5.02 Å². The number of nitrogens with one attached hydrogen (secondary N) is 1. The molecule has 1 aromatic rings. The first-order valence-electron chi connectivity index (χ1n) is 7.19. The molecule has 2 rings (SSSR count). The van der Waals surface area contributed by atoms with E-state index < -0.39 is 0 Å². The molecule has 1 atom stereocenters. The molecule has 0 amide bonds. The van der Waals surface area contributed by atoms with Crippen molar-refractivity contribution in [2.24, 2.45) is 0 Å². The summed E-state index contributed by atoms with van der Waals surface area (Å²) in [6.07, 6.45) is 5.50. The van der Waals surface area contributed by atoms with E-state index in [9.17, 15) is 4.39 Å². The predicted molar refractivity (Wildman–Crippen MR) is 80.5 cm³/mol. The topological polar surface area (TPSA) is 21.3 Å². The maximum Gasteiger partial charge on any atom is 0.145 e. The van der Waals surface area contributed by atoms with Gasteiger partial charge in [0, 0.05) is 6.04 Å². The van der Waals surface area contributed by atoms with Crippen molar-refractivity contribution in [1.82, 2.24) is 5.32 Å². The average Bonchev–Trinajstić information content (AvgIpc) is 2.48. The van der Waals surface area contributed by atoms with Gasteiger partial charge in [0.2, 0.25) is 0 Å². The standard InChI is InChI=1S/C16H21ClFNO/c1-2-8-19-15(13-6-4-9-20-11-13)10-12-5-3-7-14(17)16(12)18/h3,5,7,11,15,19H,2,4,6,8-10H2,1H3. The Kier molecular flexibility index (Phi) is 5.86. The zero-order valence-corrected chi connectivity index (χ0v) is 12.5. The van der Waals surface area contributed by atoms with Crippen LogP contribution in [-0.2, 0) is 11.2 Å². The Bertz CT molecular complexity index is 476. The molecule has 0 radical (unpaired) electrons. The second-order valence-corrected chi connectivity index (χ2v) is 5.50. The average molecular weight is 298 g/mol. The minimum Gasteiger partial charge on any atom is -0.501 e. The predicted octanol–water partition coefficient (Wildman–Crippen LogP) is 4.08. The first-order chi connectivity index (χ1) is 9.72. The van der Waals surface area contributed by atoms with Crippen molar-refractivity contribution < 1.29 is 9.13 Å². The van der Waals surface area contributed by atoms with Crippen LogP contribution in [0.3, 0.4) is 0 Å². The summed E-state index contributed by atoms with van der Waals surface area (Å²) < 4.78 is 19.5. The van der Waals surface area contributed by atoms with Crippen molar-refractivity contribution in [2.45, 2.75) is 38.6 Å². The van der Waals surface area contributed by atoms with Gasteiger partial charge in [0.1, 0.15) is 5.82 Å². The normalized spacial score (nSPS) is 16.4. The van der Waals surface area contributed by atoms with Gasteiger partial charge >= 0.3 is 0 Å². The van der Waals surface area contributed by atoms with Crippen molar-refractivity contribution in [2.75, 3.05) is 13.2 Å². The van der Waals surface area contributed by atoms with Crippen LogP contribution >= 0.6 is 11.6 Å². The first kappa shape index (κ1) is 15.3. The molecule has 0 bridgehead atoms. The lowest BCUT2D eigenvalue weighted by atomic mass is 9.95. The van der Waals surface area contributed by atoms with E-state index in [0.29, 0.717) is 12.0 Å². The summed E-state index contributed by atoms with van der Waals surface area (Å²) in [7, 11) is 0. The molecule has 1 aromatic carbocycles. The number of rotatable bonds is 6. The SMILES string of the molecule is CCCNC(Cc1cccc(Cl)c1F)C1=COCCC1. The van der Waals surface area contributed by atoms with E-state index in [4.69, 9.17) is 16.3 Å². The highest BCUT2D eigenvalue weighted by atomic mass is 35.5. The molecule has 110 valence electrons. The summed E-state index contributed by atoms with van der Waals surface area (Å²) in [6, 6.07) is 5.29. The molecule has 2 nitrogen and oxygen atoms in total. The molecule has 0 aromatic heterocycles. The van der Waals surface area contributed by atoms with Crippen LogP contribution in [0.25, 0.3) is 0 Å². The zero-order valence-electron chi connectivity index (χ0n) is 11.8. The van der Waals surface area contributed by atoms with Crippen LogP contribution in [-0.4, -0.2) is 19.2 Å². The molecular formula is C16H21ClFNO. The Hall–Kier alpha value is -1.06. The minimum atomic E-state index is -0.310. The Morgan fingerprint density at radius 3 is 3.00 bits per heavy atom. The van der Waals surface area contributed by atoms with Crippen LogP contribution < -0.4 is 5.32 Å². The third kappa shape index (κ3) is 3.97. The van der Waals surface area contributed by atoms with Crippen molar-refractivity contribution in [3.05, 3.63) is 46.4 Å². The van der Waals surface area contributed by atoms with Gasteiger partial charge in [-0.25, -0.2) is 4.39 Å². The van der Waals surface area contributed by atoms with Crippen molar-refractivity contribution >= 4 is 11.6 Å². The molecule has 0 fully saturated rings. The van der Waals surface area contributed by atoms with Gasteiger partial charge in [0.25, 0.3) is 0 Å². The Balaban J connectivity index is 2.14. The molecule has 20 heavy (non-hydrogen) atoms. The molecule has 0 aliphatic carbocycles. The highest BCUT2D eigenvalue weighted by Gasteiger charge is 2.19. The third-order valence-electron chi connectivity index (χ3n) is 3.51. The van der Waals surface area contributed by atoms with Crippen molar-refractivity contribution in [3.63, 3.8) is 0 Å². The lowest BCUT2D eigenvalue weighted by Gasteiger charge is -2.24. The summed E-state index contributed by atoms with van der Waals surface area (Å²) in [4.78, 5) is 0. The van der Waals surface area contributed by atoms with E-state index >= 15 is 0 Å². The van der Waals surface area contributed by atoms with E-state index in [-0.39, 0.29) is 16.9 Å². The van der Waals surface area contributed by atoms with Gasteiger partial charge in [-0.3, -0.25) is 0 Å². The summed E-state index contributed by atoms with van der Waals surface area (Å²) in [5.74, 6) is -0.310. The number of hydrogen-bond acceptors (Lipinski definition) is 2. The fraction of sp³-hybridized carbons (Fsp3) is 0.500. The molecule has 1 aliphatic heterocycles. The van der Waals surface area contributed by atoms with E-state index in [1.54, 1.807) is 18.2 Å². The molecule has 0 saturated carbocycles. The monoisotopic (exact) mass is 297 g/mol. The molecule has 0 saturated heterocycles. The quantitative estimate of drug-likeness (QED) is 0.854. The van der Waals surface area contributed by atoms with Crippen LogP contribution in [0, 0.1) is 5.82 Å². The second kappa shape index (κ2) is 7.65. The van der Waals surface area contributed by atoms with Crippen LogP contribution in [0.1, 0.15) is 31.7 Å². The number of hydrogen-bond donors (Lipinski definition) is 1. The maximum atomic E-state index is 14.0. The van der Waals surface area contributed by atoms with Crippen LogP contribution in [0.4, 0.5) is 4.39 Å². The van der Waals surface area contributed by atoms with Gasteiger partial charge < -0.3 is 10.1 Å². The van der Waals surface area contributed by atoms with E-state index in [1.165, 1.54) is 5.57 Å². The van der Waals surface area contributed by atoms with Gasteiger partial charge in [-0.2, -0.15) is 0 Å². The van der Waals surface area contributed by atoms with Crippen LogP contribution in [0.5, 0.6) is 0 Å². The van der Waals surface area contributed by atoms with Crippen molar-refractivity contribution in [3.8, 4) is 0 Å². The highest BCUT2D eigenvalue weighted by Crippen LogP contribution is 2.23. The molecule has 1 N–H and O–H groups in total. The molecule has 1 heterocycles. The summed E-state index contributed by atoms with van der Waals surface area (Å²) in [5.41, 5.74) is 1.86. The van der Waals surface area contributed by atoms with Gasteiger partial charge in [0.15, 0.2) is 0 Å². The lowest BCUT2D eigenvalue weighted by Crippen LogP contribution is -2.35. The second-order valence-electron chi connectivity index (χ2n) is 5.09. The fourth-order valence-corrected chi connectivity index (χ4v) is 2.61. The Morgan fingerprint density at radius 1 is 1.45 bits per heavy atom. The smallest absolute Gasteiger partial charge is 0.145 e. The largest absolute Gasteiger partial charge is 0.501 e. The maximum absolute atomic E-state index is 14.0. The van der Waals surface area contributed by atoms with Crippen molar-refractivity contribution in [1.29, 1.82) is 0 Å². The van der Waals surface area contributed by atoms with Gasteiger partial charge in [0.05, 0.1) is 17.9 Å². The Labute approximate surface area is 125 Å². The van der Waals surface area contributed by atoms with Gasteiger partial charge in [-0.15, -0.1) is 0 Å². The van der Waals surface area contributed by atoms with Gasteiger partial charge in [-0.1, -0.05) is 30.7 Å². The lowest BCUT2D eigenvalue weighted by molar-refractivity contribution is 0.219. The molecule has 4 heteroatoms. The highest BCUT2D eigenvalue weighted by molar-refractivity contribution is 6.30. The number of benzene rings is 1. The summed E-state index contributed by atoms with van der Waals surface area (Å²) in [6.45, 7) is 3.80. The van der Waals surface area contributed by atoms with E-state index in [1.807, 2.05) is 6.26 Å². The summed E-state index contributed by atoms with van der Waals surface area (Å²) >= 11 is 5.85. The fourth-order valence-electron chi connectivity index (χ4n) is 2.42. The molecule has 0 spiro atoms. The zero-order chi connectivity index (χ0) is 14.4. The number of ether oxygens (including phenoxy) is 1.